The molecule has 0 aromatic carbocycles. The molecule has 1 unspecified atom stereocenters. The maximum absolute atomic E-state index is 3.60. The molecule has 0 aromatic rings. The highest BCUT2D eigenvalue weighted by molar-refractivity contribution is 4.72. The third-order valence-electron chi connectivity index (χ3n) is 3.29. The molecular formula is C13H28N2. The van der Waals surface area contributed by atoms with Gasteiger partial charge in [0.1, 0.15) is 0 Å². The van der Waals surface area contributed by atoms with Crippen molar-refractivity contribution in [2.45, 2.75) is 39.5 Å². The van der Waals surface area contributed by atoms with Crippen molar-refractivity contribution in [3.8, 4) is 0 Å². The highest BCUT2D eigenvalue weighted by Crippen LogP contribution is 2.13. The number of piperidine rings is 1. The predicted molar refractivity (Wildman–Crippen MR) is 67.2 cm³/mol. The lowest BCUT2D eigenvalue weighted by molar-refractivity contribution is 0.206. The first-order chi connectivity index (χ1) is 7.18. The smallest absolute Gasteiger partial charge is 0.00187 e. The van der Waals surface area contributed by atoms with Gasteiger partial charge >= 0.3 is 0 Å². The second-order valence-corrected chi connectivity index (χ2v) is 5.51. The molecular weight excluding hydrogens is 184 g/mol. The van der Waals surface area contributed by atoms with E-state index < -0.39 is 0 Å². The quantitative estimate of drug-likeness (QED) is 0.680. The normalized spacial score (nSPS) is 23.6. The van der Waals surface area contributed by atoms with Gasteiger partial charge in [-0.15, -0.1) is 0 Å². The lowest BCUT2D eigenvalue weighted by atomic mass is 9.98. The van der Waals surface area contributed by atoms with Gasteiger partial charge in [0.15, 0.2) is 0 Å². The average molecular weight is 212 g/mol. The summed E-state index contributed by atoms with van der Waals surface area (Å²) in [5.41, 5.74) is 0. The molecule has 0 saturated carbocycles. The maximum Gasteiger partial charge on any atom is 0.00187 e. The van der Waals surface area contributed by atoms with Crippen molar-refractivity contribution in [3.05, 3.63) is 0 Å². The first-order valence-corrected chi connectivity index (χ1v) is 6.57. The molecule has 1 fully saturated rings. The fourth-order valence-corrected chi connectivity index (χ4v) is 2.38. The standard InChI is InChI=1S/C13H28N2/c1-12(2)6-4-8-14-10-13-7-5-9-15(3)11-13/h12-14H,4-11H2,1-3H3. The zero-order valence-electron chi connectivity index (χ0n) is 10.8. The van der Waals surface area contributed by atoms with Gasteiger partial charge in [-0.1, -0.05) is 13.8 Å². The Balaban J connectivity index is 1.95. The first-order valence-electron chi connectivity index (χ1n) is 6.57. The molecule has 2 heteroatoms. The maximum atomic E-state index is 3.60. The van der Waals surface area contributed by atoms with Gasteiger partial charge in [0.2, 0.25) is 0 Å². The lowest BCUT2D eigenvalue weighted by Crippen LogP contribution is -2.37. The van der Waals surface area contributed by atoms with Gasteiger partial charge < -0.3 is 10.2 Å². The predicted octanol–water partition coefficient (Wildman–Crippen LogP) is 2.35. The topological polar surface area (TPSA) is 15.3 Å². The summed E-state index contributed by atoms with van der Waals surface area (Å²) in [4.78, 5) is 2.46. The van der Waals surface area contributed by atoms with Crippen LogP contribution in [-0.2, 0) is 0 Å². The highest BCUT2D eigenvalue weighted by atomic mass is 15.1. The van der Waals surface area contributed by atoms with E-state index in [1.807, 2.05) is 0 Å². The van der Waals surface area contributed by atoms with E-state index in [9.17, 15) is 0 Å². The van der Waals surface area contributed by atoms with Crippen LogP contribution in [0.3, 0.4) is 0 Å². The number of nitrogens with one attached hydrogen (secondary N) is 1. The summed E-state index contributed by atoms with van der Waals surface area (Å²) in [5, 5.41) is 3.60. The number of hydrogen-bond acceptors (Lipinski definition) is 2. The Labute approximate surface area is 95.4 Å². The largest absolute Gasteiger partial charge is 0.316 e. The molecule has 1 heterocycles. The Bertz CT molecular complexity index is 157. The van der Waals surface area contributed by atoms with Crippen LogP contribution in [0, 0.1) is 11.8 Å². The molecule has 1 N–H and O–H groups in total. The van der Waals surface area contributed by atoms with Crippen molar-refractivity contribution < 1.29 is 0 Å². The van der Waals surface area contributed by atoms with E-state index in [-0.39, 0.29) is 0 Å². The molecule has 0 aromatic heterocycles. The van der Waals surface area contributed by atoms with Crippen molar-refractivity contribution in [1.82, 2.24) is 10.2 Å². The van der Waals surface area contributed by atoms with Crippen LogP contribution >= 0.6 is 0 Å². The second kappa shape index (κ2) is 7.24. The zero-order valence-corrected chi connectivity index (χ0v) is 10.8. The molecule has 0 amide bonds. The fraction of sp³-hybridized carbons (Fsp3) is 1.00. The summed E-state index contributed by atoms with van der Waals surface area (Å²) in [6.07, 6.45) is 5.49. The van der Waals surface area contributed by atoms with E-state index in [1.165, 1.54) is 51.9 Å². The lowest BCUT2D eigenvalue weighted by Gasteiger charge is -2.29. The van der Waals surface area contributed by atoms with E-state index in [0.717, 1.165) is 11.8 Å². The Kier molecular flexibility index (Phi) is 6.26. The Morgan fingerprint density at radius 2 is 2.20 bits per heavy atom. The summed E-state index contributed by atoms with van der Waals surface area (Å²) in [6, 6.07) is 0. The summed E-state index contributed by atoms with van der Waals surface area (Å²) in [7, 11) is 2.24. The van der Waals surface area contributed by atoms with Gasteiger partial charge in [-0.3, -0.25) is 0 Å². The van der Waals surface area contributed by atoms with Gasteiger partial charge in [0, 0.05) is 6.54 Å². The molecule has 90 valence electrons. The van der Waals surface area contributed by atoms with E-state index >= 15 is 0 Å². The molecule has 1 saturated heterocycles. The van der Waals surface area contributed by atoms with Gasteiger partial charge in [-0.2, -0.15) is 0 Å². The Morgan fingerprint density at radius 1 is 1.40 bits per heavy atom. The Hall–Kier alpha value is -0.0800. The minimum Gasteiger partial charge on any atom is -0.316 e. The molecule has 1 aliphatic rings. The SMILES string of the molecule is CC(C)CCCNCC1CCCN(C)C1. The van der Waals surface area contributed by atoms with Crippen LogP contribution in [0.2, 0.25) is 0 Å². The molecule has 1 atom stereocenters. The van der Waals surface area contributed by atoms with E-state index in [4.69, 9.17) is 0 Å². The molecule has 0 spiro atoms. The van der Waals surface area contributed by atoms with Gasteiger partial charge in [0.05, 0.1) is 0 Å². The molecule has 1 aliphatic heterocycles. The molecule has 0 bridgehead atoms. The van der Waals surface area contributed by atoms with Gasteiger partial charge in [-0.25, -0.2) is 0 Å². The number of likely N-dealkylation sites (tertiary alicyclic amines) is 1. The summed E-state index contributed by atoms with van der Waals surface area (Å²) in [6.45, 7) is 9.62. The average Bonchev–Trinajstić information content (AvgIpc) is 2.17. The third-order valence-corrected chi connectivity index (χ3v) is 3.29. The van der Waals surface area contributed by atoms with Gasteiger partial charge in [-0.05, 0) is 64.2 Å². The van der Waals surface area contributed by atoms with Crippen molar-refractivity contribution >= 4 is 0 Å². The third kappa shape index (κ3) is 6.16. The number of nitrogens with zero attached hydrogens (tertiary/aromatic N) is 1. The molecule has 0 aliphatic carbocycles. The fourth-order valence-electron chi connectivity index (χ4n) is 2.38. The van der Waals surface area contributed by atoms with Crippen LogP contribution in [0.4, 0.5) is 0 Å². The minimum absolute atomic E-state index is 0.854. The van der Waals surface area contributed by atoms with E-state index in [0.29, 0.717) is 0 Å². The first kappa shape index (κ1) is 13.0. The van der Waals surface area contributed by atoms with Crippen molar-refractivity contribution in [2.24, 2.45) is 11.8 Å². The number of rotatable bonds is 6. The van der Waals surface area contributed by atoms with Crippen LogP contribution in [0.25, 0.3) is 0 Å². The summed E-state index contributed by atoms with van der Waals surface area (Å²) < 4.78 is 0. The summed E-state index contributed by atoms with van der Waals surface area (Å²) in [5.74, 6) is 1.75. The van der Waals surface area contributed by atoms with Gasteiger partial charge in [0.25, 0.3) is 0 Å². The van der Waals surface area contributed by atoms with Crippen molar-refractivity contribution in [1.29, 1.82) is 0 Å². The van der Waals surface area contributed by atoms with E-state index in [2.05, 4.69) is 31.1 Å². The monoisotopic (exact) mass is 212 g/mol. The number of hydrogen-bond donors (Lipinski definition) is 1. The van der Waals surface area contributed by atoms with E-state index in [1.54, 1.807) is 0 Å². The zero-order chi connectivity index (χ0) is 11.1. The molecule has 2 nitrogen and oxygen atoms in total. The van der Waals surface area contributed by atoms with Crippen LogP contribution in [-0.4, -0.2) is 38.1 Å². The summed E-state index contributed by atoms with van der Waals surface area (Å²) >= 11 is 0. The van der Waals surface area contributed by atoms with Crippen LogP contribution in [0.5, 0.6) is 0 Å². The molecule has 0 radical (unpaired) electrons. The van der Waals surface area contributed by atoms with Crippen LogP contribution < -0.4 is 5.32 Å². The van der Waals surface area contributed by atoms with Crippen molar-refractivity contribution in [2.75, 3.05) is 33.2 Å². The molecule has 15 heavy (non-hydrogen) atoms. The second-order valence-electron chi connectivity index (χ2n) is 5.51. The van der Waals surface area contributed by atoms with Crippen LogP contribution in [0.1, 0.15) is 39.5 Å². The van der Waals surface area contributed by atoms with Crippen LogP contribution in [0.15, 0.2) is 0 Å². The van der Waals surface area contributed by atoms with Crippen molar-refractivity contribution in [3.63, 3.8) is 0 Å². The highest BCUT2D eigenvalue weighted by Gasteiger charge is 2.16. The minimum atomic E-state index is 0.854. The molecule has 1 rings (SSSR count). The Morgan fingerprint density at radius 3 is 2.87 bits per heavy atom.